The SMILES string of the molecule is [C-]#[N+]c1c(C=Cc2ccc(N(c3ccccc3)c3ccc(N(C)C)cc3)cc2)ccc2c(C#N)c(C=Cc3ccc(N(c4ccccc4)c4ccc(N(C)C)cc4)cc3)ccc12. The minimum atomic E-state index is 0.522. The molecule has 0 aliphatic rings. The van der Waals surface area contributed by atoms with Gasteiger partial charge >= 0.3 is 0 Å². The molecule has 0 aromatic heterocycles. The van der Waals surface area contributed by atoms with Crippen molar-refractivity contribution >= 4 is 86.3 Å². The standard InChI is InChI=1S/C56H46N6/c1-58-56-44(23-17-42-20-28-50(29-21-42)62(48-14-10-7-11-15-48)52-36-32-46(33-37-52)60(4)5)25-38-53-54(56)39-24-43(55(53)40-57)22-16-41-18-26-49(27-19-41)61(47-12-8-6-9-13-47)51-34-30-45(31-35-51)59(2)3/h6-39H,2-5H3. The van der Waals surface area contributed by atoms with Crippen LogP contribution in [0.25, 0.3) is 39.9 Å². The Morgan fingerprint density at radius 3 is 1.16 bits per heavy atom. The molecule has 8 aromatic rings. The van der Waals surface area contributed by atoms with E-state index in [9.17, 15) is 5.26 Å². The predicted octanol–water partition coefficient (Wildman–Crippen LogP) is 14.7. The summed E-state index contributed by atoms with van der Waals surface area (Å²) in [5, 5.41) is 11.9. The Kier molecular flexibility index (Phi) is 11.9. The Bertz CT molecular complexity index is 2730. The number of para-hydroxylation sites is 2. The predicted molar refractivity (Wildman–Crippen MR) is 264 cm³/mol. The van der Waals surface area contributed by atoms with E-state index in [0.717, 1.165) is 78.5 Å². The summed E-state index contributed by atoms with van der Waals surface area (Å²) >= 11 is 0. The first kappa shape index (κ1) is 40.5. The Labute approximate surface area is 365 Å². The van der Waals surface area contributed by atoms with Gasteiger partial charge in [-0.1, -0.05) is 109 Å². The Hall–Kier alpha value is -8.32. The third-order valence-electron chi connectivity index (χ3n) is 11.0. The van der Waals surface area contributed by atoms with E-state index in [1.165, 1.54) is 0 Å². The first-order valence-electron chi connectivity index (χ1n) is 20.5. The van der Waals surface area contributed by atoms with Gasteiger partial charge in [-0.3, -0.25) is 0 Å². The van der Waals surface area contributed by atoms with E-state index in [1.54, 1.807) is 0 Å². The first-order valence-corrected chi connectivity index (χ1v) is 20.5. The largest absolute Gasteiger partial charge is 0.378 e. The fourth-order valence-electron chi connectivity index (χ4n) is 7.64. The molecular formula is C56H46N6. The molecule has 0 amide bonds. The van der Waals surface area contributed by atoms with E-state index in [4.69, 9.17) is 6.57 Å². The zero-order valence-electron chi connectivity index (χ0n) is 35.3. The van der Waals surface area contributed by atoms with Crippen LogP contribution in [0, 0.1) is 17.9 Å². The average Bonchev–Trinajstić information content (AvgIpc) is 3.31. The van der Waals surface area contributed by atoms with E-state index in [0.29, 0.717) is 11.3 Å². The summed E-state index contributed by atoms with van der Waals surface area (Å²) in [6.07, 6.45) is 8.03. The van der Waals surface area contributed by atoms with Gasteiger partial charge in [0.2, 0.25) is 5.69 Å². The van der Waals surface area contributed by atoms with Gasteiger partial charge in [0.05, 0.1) is 12.1 Å². The van der Waals surface area contributed by atoms with Crippen LogP contribution in [0.5, 0.6) is 0 Å². The third kappa shape index (κ3) is 8.68. The minimum absolute atomic E-state index is 0.522. The van der Waals surface area contributed by atoms with E-state index in [-0.39, 0.29) is 0 Å². The van der Waals surface area contributed by atoms with Gasteiger partial charge in [-0.15, -0.1) is 0 Å². The zero-order chi connectivity index (χ0) is 43.0. The maximum absolute atomic E-state index is 10.4. The van der Waals surface area contributed by atoms with Crippen molar-refractivity contribution in [1.82, 2.24) is 0 Å². The normalized spacial score (nSPS) is 11.1. The molecule has 0 radical (unpaired) electrons. The van der Waals surface area contributed by atoms with Gasteiger partial charge in [0, 0.05) is 73.7 Å². The van der Waals surface area contributed by atoms with Crippen LogP contribution in [0.2, 0.25) is 0 Å². The molecule has 8 rings (SSSR count). The van der Waals surface area contributed by atoms with Crippen LogP contribution in [-0.4, -0.2) is 28.2 Å². The van der Waals surface area contributed by atoms with Gasteiger partial charge < -0.3 is 19.6 Å². The molecule has 62 heavy (non-hydrogen) atoms. The molecule has 0 bridgehead atoms. The highest BCUT2D eigenvalue weighted by molar-refractivity contribution is 6.03. The van der Waals surface area contributed by atoms with Crippen molar-refractivity contribution in [3.63, 3.8) is 0 Å². The van der Waals surface area contributed by atoms with Gasteiger partial charge in [0.25, 0.3) is 0 Å². The number of benzene rings is 8. The molecule has 300 valence electrons. The van der Waals surface area contributed by atoms with Crippen LogP contribution in [-0.2, 0) is 0 Å². The van der Waals surface area contributed by atoms with Crippen LogP contribution in [0.3, 0.4) is 0 Å². The molecule has 0 aliphatic heterocycles. The van der Waals surface area contributed by atoms with E-state index < -0.39 is 0 Å². The van der Waals surface area contributed by atoms with E-state index >= 15 is 0 Å². The highest BCUT2D eigenvalue weighted by Gasteiger charge is 2.15. The van der Waals surface area contributed by atoms with Crippen molar-refractivity contribution in [2.24, 2.45) is 0 Å². The van der Waals surface area contributed by atoms with Crippen LogP contribution in [0.1, 0.15) is 27.8 Å². The highest BCUT2D eigenvalue weighted by Crippen LogP contribution is 2.38. The van der Waals surface area contributed by atoms with Gasteiger partial charge in [-0.25, -0.2) is 4.85 Å². The monoisotopic (exact) mass is 802 g/mol. The first-order chi connectivity index (χ1) is 30.3. The third-order valence-corrected chi connectivity index (χ3v) is 11.0. The van der Waals surface area contributed by atoms with E-state index in [1.807, 2.05) is 88.9 Å². The number of anilines is 8. The van der Waals surface area contributed by atoms with Crippen molar-refractivity contribution < 1.29 is 0 Å². The number of nitrogens with zero attached hydrogens (tertiary/aromatic N) is 6. The summed E-state index contributed by atoms with van der Waals surface area (Å²) in [5.74, 6) is 0. The summed E-state index contributed by atoms with van der Waals surface area (Å²) in [6, 6.07) is 64.9. The molecule has 0 atom stereocenters. The number of hydrogen-bond donors (Lipinski definition) is 0. The molecule has 0 aliphatic carbocycles. The molecule has 0 heterocycles. The number of hydrogen-bond acceptors (Lipinski definition) is 5. The second-order valence-electron chi connectivity index (χ2n) is 15.4. The van der Waals surface area contributed by atoms with Crippen molar-refractivity contribution in [2.45, 2.75) is 0 Å². The van der Waals surface area contributed by atoms with Gasteiger partial charge in [-0.2, -0.15) is 5.26 Å². The van der Waals surface area contributed by atoms with Crippen molar-refractivity contribution in [2.75, 3.05) is 47.8 Å². The molecule has 0 saturated heterocycles. The van der Waals surface area contributed by atoms with Crippen molar-refractivity contribution in [1.29, 1.82) is 5.26 Å². The van der Waals surface area contributed by atoms with Crippen LogP contribution in [0.4, 0.5) is 51.2 Å². The molecule has 6 heteroatoms. The molecular weight excluding hydrogens is 757 g/mol. The molecule has 6 nitrogen and oxygen atoms in total. The van der Waals surface area contributed by atoms with Gasteiger partial charge in [0.15, 0.2) is 0 Å². The summed E-state index contributed by atoms with van der Waals surface area (Å²) in [6.45, 7) is 8.16. The molecule has 0 unspecified atom stereocenters. The molecule has 0 spiro atoms. The van der Waals surface area contributed by atoms with Crippen molar-refractivity contribution in [3.8, 4) is 6.07 Å². The second-order valence-corrected chi connectivity index (χ2v) is 15.4. The Morgan fingerprint density at radius 1 is 0.403 bits per heavy atom. The maximum Gasteiger partial charge on any atom is 0.202 e. The summed E-state index contributed by atoms with van der Waals surface area (Å²) < 4.78 is 0. The van der Waals surface area contributed by atoms with Crippen LogP contribution < -0.4 is 19.6 Å². The van der Waals surface area contributed by atoms with E-state index in [2.05, 4.69) is 176 Å². The molecule has 0 N–H and O–H groups in total. The number of fused-ring (bicyclic) bond motifs is 1. The fourth-order valence-corrected chi connectivity index (χ4v) is 7.64. The number of nitriles is 1. The lowest BCUT2D eigenvalue weighted by Gasteiger charge is -2.26. The Morgan fingerprint density at radius 2 is 0.758 bits per heavy atom. The van der Waals surface area contributed by atoms with Gasteiger partial charge in [0.1, 0.15) is 6.07 Å². The molecule has 0 fully saturated rings. The smallest absolute Gasteiger partial charge is 0.202 e. The maximum atomic E-state index is 10.4. The zero-order valence-corrected chi connectivity index (χ0v) is 35.3. The minimum Gasteiger partial charge on any atom is -0.378 e. The summed E-state index contributed by atoms with van der Waals surface area (Å²) in [5.41, 5.74) is 13.3. The lowest BCUT2D eigenvalue weighted by molar-refractivity contribution is 1.13. The summed E-state index contributed by atoms with van der Waals surface area (Å²) in [7, 11) is 8.17. The molecule has 8 aromatic carbocycles. The van der Waals surface area contributed by atoms with Crippen molar-refractivity contribution in [3.05, 3.63) is 221 Å². The number of rotatable bonds is 12. The highest BCUT2D eigenvalue weighted by atomic mass is 15.1. The average molecular weight is 803 g/mol. The quantitative estimate of drug-likeness (QED) is 0.0909. The van der Waals surface area contributed by atoms with Crippen LogP contribution in [0.15, 0.2) is 182 Å². The topological polar surface area (TPSA) is 41.1 Å². The van der Waals surface area contributed by atoms with Gasteiger partial charge in [-0.05, 0) is 130 Å². The summed E-state index contributed by atoms with van der Waals surface area (Å²) in [4.78, 5) is 12.6. The Balaban J connectivity index is 1.02. The fraction of sp³-hybridized carbons (Fsp3) is 0.0714. The van der Waals surface area contributed by atoms with Crippen LogP contribution >= 0.6 is 0 Å². The molecule has 0 saturated carbocycles. The lowest BCUT2D eigenvalue weighted by atomic mass is 9.95. The lowest BCUT2D eigenvalue weighted by Crippen LogP contribution is -2.11. The second kappa shape index (κ2) is 18.3.